The molecule has 138 valence electrons. The van der Waals surface area contributed by atoms with E-state index in [9.17, 15) is 22.8 Å². The van der Waals surface area contributed by atoms with Crippen LogP contribution < -0.4 is 10.1 Å². The molecule has 1 aromatic rings. The van der Waals surface area contributed by atoms with Crippen LogP contribution >= 0.6 is 0 Å². The van der Waals surface area contributed by atoms with Gasteiger partial charge in [0.05, 0.1) is 18.2 Å². The third kappa shape index (κ3) is 5.37. The summed E-state index contributed by atoms with van der Waals surface area (Å²) < 4.78 is 43.0. The van der Waals surface area contributed by atoms with Crippen molar-refractivity contribution < 1.29 is 27.5 Å². The lowest BCUT2D eigenvalue weighted by molar-refractivity contribution is -0.157. The van der Waals surface area contributed by atoms with E-state index in [0.29, 0.717) is 22.9 Å². The molecule has 0 bridgehead atoms. The number of alkyl halides is 3. The minimum absolute atomic E-state index is 0.223. The van der Waals surface area contributed by atoms with Crippen LogP contribution in [0.5, 0.6) is 5.75 Å². The zero-order valence-corrected chi connectivity index (χ0v) is 14.2. The number of rotatable bonds is 6. The molecule has 1 aliphatic rings. The number of amides is 2. The van der Waals surface area contributed by atoms with Gasteiger partial charge < -0.3 is 15.0 Å². The molecule has 8 heteroatoms. The quantitative estimate of drug-likeness (QED) is 0.850. The van der Waals surface area contributed by atoms with Crippen LogP contribution in [0.2, 0.25) is 0 Å². The summed E-state index contributed by atoms with van der Waals surface area (Å²) in [6, 6.07) is 5.26. The summed E-state index contributed by atoms with van der Waals surface area (Å²) in [6.45, 7) is 2.75. The Kier molecular flexibility index (Phi) is 5.92. The van der Waals surface area contributed by atoms with Crippen LogP contribution in [0.15, 0.2) is 18.2 Å². The lowest BCUT2D eigenvalue weighted by Crippen LogP contribution is -2.36. The van der Waals surface area contributed by atoms with Crippen LogP contribution in [-0.2, 0) is 9.59 Å². The summed E-state index contributed by atoms with van der Waals surface area (Å²) in [5.74, 6) is -1.45. The first-order valence-electron chi connectivity index (χ1n) is 8.08. The highest BCUT2D eigenvalue weighted by Gasteiger charge is 2.40. The molecule has 1 atom stereocenters. The summed E-state index contributed by atoms with van der Waals surface area (Å²) in [5.41, 5.74) is 1.40. The minimum Gasteiger partial charge on any atom is -0.491 e. The van der Waals surface area contributed by atoms with Gasteiger partial charge in [0, 0.05) is 13.0 Å². The van der Waals surface area contributed by atoms with E-state index >= 15 is 0 Å². The number of ether oxygens (including phenoxy) is 1. The van der Waals surface area contributed by atoms with Gasteiger partial charge in [-0.25, -0.2) is 0 Å². The highest BCUT2D eigenvalue weighted by atomic mass is 19.4. The fraction of sp³-hybridized carbons (Fsp3) is 0.529. The molecule has 2 rings (SSSR count). The Morgan fingerprint density at radius 2 is 2.12 bits per heavy atom. The summed E-state index contributed by atoms with van der Waals surface area (Å²) in [5, 5.41) is 2.67. The monoisotopic (exact) mass is 358 g/mol. The Morgan fingerprint density at radius 1 is 1.40 bits per heavy atom. The largest absolute Gasteiger partial charge is 0.491 e. The smallest absolute Gasteiger partial charge is 0.406 e. The molecule has 0 radical (unpaired) electrons. The van der Waals surface area contributed by atoms with E-state index in [1.807, 2.05) is 13.8 Å². The van der Waals surface area contributed by atoms with E-state index in [1.165, 1.54) is 0 Å². The van der Waals surface area contributed by atoms with E-state index in [4.69, 9.17) is 4.74 Å². The maximum Gasteiger partial charge on any atom is 0.406 e. The number of aryl methyl sites for hydroxylation is 1. The second-order valence-corrected chi connectivity index (χ2v) is 6.13. The Balaban J connectivity index is 2.04. The highest BCUT2D eigenvalue weighted by molar-refractivity contribution is 5.98. The molecule has 1 N–H and O–H groups in total. The Bertz CT molecular complexity index is 647. The van der Waals surface area contributed by atoms with Crippen molar-refractivity contribution in [1.82, 2.24) is 4.90 Å². The lowest BCUT2D eigenvalue weighted by Gasteiger charge is -2.18. The molecule has 5 nitrogen and oxygen atoms in total. The zero-order chi connectivity index (χ0) is 18.6. The van der Waals surface area contributed by atoms with E-state index in [-0.39, 0.29) is 13.0 Å². The number of hydrogen-bond donors (Lipinski definition) is 1. The molecule has 1 aliphatic heterocycles. The number of carbonyl (C=O) groups is 2. The van der Waals surface area contributed by atoms with Crippen LogP contribution in [0.25, 0.3) is 0 Å². The maximum absolute atomic E-state index is 12.5. The van der Waals surface area contributed by atoms with Crippen molar-refractivity contribution in [1.29, 1.82) is 0 Å². The van der Waals surface area contributed by atoms with Crippen molar-refractivity contribution in [3.05, 3.63) is 23.8 Å². The van der Waals surface area contributed by atoms with Gasteiger partial charge in [0.25, 0.3) is 0 Å². The summed E-state index contributed by atoms with van der Waals surface area (Å²) >= 11 is 0. The van der Waals surface area contributed by atoms with Crippen LogP contribution in [0, 0.1) is 12.8 Å². The van der Waals surface area contributed by atoms with Crippen molar-refractivity contribution in [3.63, 3.8) is 0 Å². The van der Waals surface area contributed by atoms with Gasteiger partial charge in [0.1, 0.15) is 12.3 Å². The minimum atomic E-state index is -4.47. The van der Waals surface area contributed by atoms with Crippen LogP contribution in [0.1, 0.15) is 25.3 Å². The van der Waals surface area contributed by atoms with Gasteiger partial charge in [0.15, 0.2) is 0 Å². The number of hydrogen-bond acceptors (Lipinski definition) is 3. The number of nitrogens with one attached hydrogen (secondary N) is 1. The molecule has 0 aromatic heterocycles. The third-order valence-corrected chi connectivity index (χ3v) is 3.81. The van der Waals surface area contributed by atoms with E-state index in [2.05, 4.69) is 5.32 Å². The Hall–Kier alpha value is -2.25. The molecular formula is C17H21F3N2O3. The van der Waals surface area contributed by atoms with Crippen LogP contribution in [-0.4, -0.2) is 42.6 Å². The third-order valence-electron chi connectivity index (χ3n) is 3.81. The van der Waals surface area contributed by atoms with Gasteiger partial charge in [-0.1, -0.05) is 13.0 Å². The molecule has 1 saturated heterocycles. The first-order chi connectivity index (χ1) is 11.7. The predicted molar refractivity (Wildman–Crippen MR) is 86.3 cm³/mol. The van der Waals surface area contributed by atoms with Crippen molar-refractivity contribution in [2.75, 3.05) is 25.0 Å². The average molecular weight is 358 g/mol. The van der Waals surface area contributed by atoms with E-state index < -0.39 is 30.5 Å². The van der Waals surface area contributed by atoms with Gasteiger partial charge >= 0.3 is 6.18 Å². The summed E-state index contributed by atoms with van der Waals surface area (Å²) in [4.78, 5) is 24.7. The van der Waals surface area contributed by atoms with Crippen molar-refractivity contribution in [2.24, 2.45) is 5.92 Å². The number of benzene rings is 1. The molecule has 0 aliphatic carbocycles. The molecule has 1 heterocycles. The van der Waals surface area contributed by atoms with Gasteiger partial charge in [0.2, 0.25) is 11.8 Å². The normalized spacial score (nSPS) is 17.7. The van der Waals surface area contributed by atoms with E-state index in [0.717, 1.165) is 12.0 Å². The predicted octanol–water partition coefficient (Wildman–Crippen LogP) is 3.13. The fourth-order valence-electron chi connectivity index (χ4n) is 2.62. The van der Waals surface area contributed by atoms with Crippen molar-refractivity contribution >= 4 is 17.5 Å². The molecule has 25 heavy (non-hydrogen) atoms. The number of halogens is 3. The molecule has 0 saturated carbocycles. The Labute approximate surface area is 144 Å². The molecule has 1 unspecified atom stereocenters. The highest BCUT2D eigenvalue weighted by Crippen LogP contribution is 2.29. The number of likely N-dealkylation sites (tertiary alicyclic amines) is 1. The second-order valence-electron chi connectivity index (χ2n) is 6.13. The van der Waals surface area contributed by atoms with Crippen LogP contribution in [0.4, 0.5) is 18.9 Å². The number of carbonyl (C=O) groups excluding carboxylic acids is 2. The fourth-order valence-corrected chi connectivity index (χ4v) is 2.62. The lowest BCUT2D eigenvalue weighted by atomic mass is 10.1. The summed E-state index contributed by atoms with van der Waals surface area (Å²) in [6.07, 6.45) is -3.90. The number of nitrogens with zero attached hydrogens (tertiary/aromatic N) is 1. The Morgan fingerprint density at radius 3 is 2.76 bits per heavy atom. The topological polar surface area (TPSA) is 58.6 Å². The molecule has 1 fully saturated rings. The molecule has 0 spiro atoms. The van der Waals surface area contributed by atoms with Crippen LogP contribution in [0.3, 0.4) is 0 Å². The molecular weight excluding hydrogens is 337 g/mol. The average Bonchev–Trinajstić information content (AvgIpc) is 2.86. The standard InChI is InChI=1S/C17H21F3N2O3/c1-3-6-25-14-7-11(2)4-5-13(14)21-16(24)12-8-15(23)22(9-12)10-17(18,19)20/h4-5,7,12H,3,6,8-10H2,1-2H3,(H,21,24). The van der Waals surface area contributed by atoms with Gasteiger partial charge in [-0.3, -0.25) is 9.59 Å². The van der Waals surface area contributed by atoms with Gasteiger partial charge in [-0.2, -0.15) is 13.2 Å². The van der Waals surface area contributed by atoms with Crippen molar-refractivity contribution in [3.8, 4) is 5.75 Å². The second kappa shape index (κ2) is 7.76. The zero-order valence-electron chi connectivity index (χ0n) is 14.2. The maximum atomic E-state index is 12.5. The molecule has 1 aromatic carbocycles. The number of anilines is 1. The van der Waals surface area contributed by atoms with E-state index in [1.54, 1.807) is 18.2 Å². The molecule has 2 amide bonds. The summed E-state index contributed by atoms with van der Waals surface area (Å²) in [7, 11) is 0. The van der Waals surface area contributed by atoms with Gasteiger partial charge in [-0.15, -0.1) is 0 Å². The SMILES string of the molecule is CCCOc1cc(C)ccc1NC(=O)C1CC(=O)N(CC(F)(F)F)C1. The van der Waals surface area contributed by atoms with Crippen molar-refractivity contribution in [2.45, 2.75) is 32.9 Å². The van der Waals surface area contributed by atoms with Gasteiger partial charge in [-0.05, 0) is 31.0 Å². The first kappa shape index (κ1) is 19.1. The first-order valence-corrected chi connectivity index (χ1v) is 8.08.